The lowest BCUT2D eigenvalue weighted by molar-refractivity contribution is -0.139. The van der Waals surface area contributed by atoms with Crippen LogP contribution in [0.3, 0.4) is 0 Å². The summed E-state index contributed by atoms with van der Waals surface area (Å²) in [6.45, 7) is 2.55. The minimum absolute atomic E-state index is 0.246. The van der Waals surface area contributed by atoms with E-state index in [1.165, 1.54) is 0 Å². The van der Waals surface area contributed by atoms with Gasteiger partial charge in [0.05, 0.1) is 0 Å². The van der Waals surface area contributed by atoms with Gasteiger partial charge in [-0.15, -0.1) is 0 Å². The number of hydrogen-bond acceptors (Lipinski definition) is 2. The van der Waals surface area contributed by atoms with Crippen molar-refractivity contribution in [3.8, 4) is 0 Å². The first kappa shape index (κ1) is 16.3. The van der Waals surface area contributed by atoms with Crippen LogP contribution in [0.2, 0.25) is 0 Å². The van der Waals surface area contributed by atoms with Crippen LogP contribution >= 0.6 is 15.9 Å². The molecule has 0 unspecified atom stereocenters. The molecule has 1 aromatic heterocycles. The lowest BCUT2D eigenvalue weighted by Crippen LogP contribution is -2.42. The van der Waals surface area contributed by atoms with Gasteiger partial charge in [0, 0.05) is 23.6 Å². The number of carbonyl (C=O) groups is 2. The van der Waals surface area contributed by atoms with Gasteiger partial charge >= 0.3 is 5.97 Å². The van der Waals surface area contributed by atoms with E-state index in [9.17, 15) is 14.7 Å². The van der Waals surface area contributed by atoms with Crippen LogP contribution in [0.4, 0.5) is 0 Å². The van der Waals surface area contributed by atoms with Crippen molar-refractivity contribution >= 4 is 27.8 Å². The molecule has 0 spiro atoms. The summed E-state index contributed by atoms with van der Waals surface area (Å²) >= 11 is 3.32. The van der Waals surface area contributed by atoms with Gasteiger partial charge in [-0.25, -0.2) is 4.79 Å². The fourth-order valence-electron chi connectivity index (χ4n) is 2.21. The molecule has 1 aromatic carbocycles. The van der Waals surface area contributed by atoms with Crippen molar-refractivity contribution in [1.82, 2.24) is 9.88 Å². The van der Waals surface area contributed by atoms with Gasteiger partial charge in [0.2, 0.25) is 0 Å². The molecule has 2 rings (SSSR count). The second kappa shape index (κ2) is 7.26. The molecular formula is C16H17BrN2O3. The number of hydrogen-bond donors (Lipinski definition) is 2. The second-order valence-electron chi connectivity index (χ2n) is 4.88. The topological polar surface area (TPSA) is 71.3 Å². The van der Waals surface area contributed by atoms with Crippen molar-refractivity contribution in [2.75, 3.05) is 0 Å². The maximum absolute atomic E-state index is 12.3. The predicted octanol–water partition coefficient (Wildman–Crippen LogP) is 2.70. The largest absolute Gasteiger partial charge is 0.480 e. The fraction of sp³-hybridized carbons (Fsp3) is 0.250. The molecule has 0 fully saturated rings. The van der Waals surface area contributed by atoms with Crippen LogP contribution in [-0.2, 0) is 17.8 Å². The Kier molecular flexibility index (Phi) is 5.38. The van der Waals surface area contributed by atoms with Crippen molar-refractivity contribution in [2.45, 2.75) is 25.9 Å². The summed E-state index contributed by atoms with van der Waals surface area (Å²) in [6.07, 6.45) is 2.04. The molecule has 2 aromatic rings. The van der Waals surface area contributed by atoms with E-state index in [4.69, 9.17) is 0 Å². The molecule has 6 heteroatoms. The zero-order valence-electron chi connectivity index (χ0n) is 12.1. The van der Waals surface area contributed by atoms with Gasteiger partial charge in [0.15, 0.2) is 0 Å². The molecular weight excluding hydrogens is 348 g/mol. The molecule has 0 aliphatic carbocycles. The number of rotatable bonds is 6. The maximum atomic E-state index is 12.3. The molecule has 22 heavy (non-hydrogen) atoms. The molecule has 116 valence electrons. The number of aryl methyl sites for hydroxylation is 1. The average molecular weight is 365 g/mol. The van der Waals surface area contributed by atoms with Crippen LogP contribution in [0.5, 0.6) is 0 Å². The predicted molar refractivity (Wildman–Crippen MR) is 86.8 cm³/mol. The summed E-state index contributed by atoms with van der Waals surface area (Å²) in [5, 5.41) is 11.9. The molecule has 1 atom stereocenters. The summed E-state index contributed by atoms with van der Waals surface area (Å²) in [4.78, 5) is 23.7. The number of aliphatic carboxylic acids is 1. The lowest BCUT2D eigenvalue weighted by atomic mass is 10.1. The number of carbonyl (C=O) groups excluding carboxylic acids is 1. The molecule has 5 nitrogen and oxygen atoms in total. The van der Waals surface area contributed by atoms with E-state index in [1.54, 1.807) is 16.8 Å². The highest BCUT2D eigenvalue weighted by atomic mass is 79.9. The highest BCUT2D eigenvalue weighted by Crippen LogP contribution is 2.15. The van der Waals surface area contributed by atoms with Crippen LogP contribution in [0.25, 0.3) is 0 Å². The normalized spacial score (nSPS) is 11.9. The maximum Gasteiger partial charge on any atom is 0.326 e. The van der Waals surface area contributed by atoms with Gasteiger partial charge in [-0.3, -0.25) is 4.79 Å². The molecule has 1 amide bonds. The minimum Gasteiger partial charge on any atom is -0.480 e. The Morgan fingerprint density at radius 3 is 2.59 bits per heavy atom. The molecule has 0 aliphatic heterocycles. The summed E-state index contributed by atoms with van der Waals surface area (Å²) in [5.74, 6) is -1.44. The number of carboxylic acid groups (broad SMARTS) is 1. The Bertz CT molecular complexity index is 667. The van der Waals surface area contributed by atoms with E-state index in [1.807, 2.05) is 37.3 Å². The molecule has 1 heterocycles. The van der Waals surface area contributed by atoms with Crippen LogP contribution in [0.15, 0.2) is 47.1 Å². The van der Waals surface area contributed by atoms with Crippen molar-refractivity contribution in [3.05, 3.63) is 58.3 Å². The standard InChI is InChI=1S/C16H17BrN2O3/c1-2-19-10-12(17)9-14(19)15(20)18-13(16(21)22)8-11-6-4-3-5-7-11/h3-7,9-10,13H,2,8H2,1H3,(H,18,20)(H,21,22)/t13-/m0/s1. The molecule has 0 saturated heterocycles. The summed E-state index contributed by atoms with van der Waals surface area (Å²) in [5.41, 5.74) is 1.30. The van der Waals surface area contributed by atoms with Crippen molar-refractivity contribution in [1.29, 1.82) is 0 Å². The van der Waals surface area contributed by atoms with Crippen molar-refractivity contribution < 1.29 is 14.7 Å². The van der Waals surface area contributed by atoms with E-state index >= 15 is 0 Å². The quantitative estimate of drug-likeness (QED) is 0.827. The number of halogens is 1. The fourth-order valence-corrected chi connectivity index (χ4v) is 2.67. The average Bonchev–Trinajstić information content (AvgIpc) is 2.88. The van der Waals surface area contributed by atoms with Crippen LogP contribution in [0, 0.1) is 0 Å². The van der Waals surface area contributed by atoms with Crippen molar-refractivity contribution in [2.24, 2.45) is 0 Å². The van der Waals surface area contributed by atoms with Crippen LogP contribution < -0.4 is 5.32 Å². The molecule has 0 aliphatic rings. The third-order valence-corrected chi connectivity index (χ3v) is 3.76. The van der Waals surface area contributed by atoms with E-state index in [0.29, 0.717) is 12.2 Å². The molecule has 2 N–H and O–H groups in total. The van der Waals surface area contributed by atoms with E-state index < -0.39 is 17.9 Å². The first-order valence-corrected chi connectivity index (χ1v) is 7.73. The van der Waals surface area contributed by atoms with Crippen LogP contribution in [-0.4, -0.2) is 27.6 Å². The summed E-state index contributed by atoms with van der Waals surface area (Å²) in [7, 11) is 0. The highest BCUT2D eigenvalue weighted by Gasteiger charge is 2.22. The Hall–Kier alpha value is -2.08. The summed E-state index contributed by atoms with van der Waals surface area (Å²) < 4.78 is 2.55. The number of benzene rings is 1. The van der Waals surface area contributed by atoms with Gasteiger partial charge in [0.1, 0.15) is 11.7 Å². The van der Waals surface area contributed by atoms with Gasteiger partial charge in [-0.1, -0.05) is 30.3 Å². The first-order valence-electron chi connectivity index (χ1n) is 6.94. The number of carboxylic acids is 1. The minimum atomic E-state index is -1.05. The number of nitrogens with one attached hydrogen (secondary N) is 1. The molecule has 0 radical (unpaired) electrons. The van der Waals surface area contributed by atoms with Gasteiger partial charge in [-0.2, -0.15) is 0 Å². The van der Waals surface area contributed by atoms with E-state index in [0.717, 1.165) is 10.0 Å². The van der Waals surface area contributed by atoms with Crippen LogP contribution in [0.1, 0.15) is 23.0 Å². The molecule has 0 bridgehead atoms. The summed E-state index contributed by atoms with van der Waals surface area (Å²) in [6, 6.07) is 9.95. The van der Waals surface area contributed by atoms with E-state index in [-0.39, 0.29) is 6.42 Å². The molecule has 0 saturated carbocycles. The van der Waals surface area contributed by atoms with E-state index in [2.05, 4.69) is 21.2 Å². The second-order valence-corrected chi connectivity index (χ2v) is 5.80. The van der Waals surface area contributed by atoms with Gasteiger partial charge in [-0.05, 0) is 34.5 Å². The number of amides is 1. The SMILES string of the molecule is CCn1cc(Br)cc1C(=O)N[C@@H](Cc1ccccc1)C(=O)O. The smallest absolute Gasteiger partial charge is 0.326 e. The Balaban J connectivity index is 2.14. The Morgan fingerprint density at radius 1 is 1.32 bits per heavy atom. The number of nitrogens with zero attached hydrogens (tertiary/aromatic N) is 1. The Morgan fingerprint density at radius 2 is 2.00 bits per heavy atom. The van der Waals surface area contributed by atoms with Gasteiger partial charge in [0.25, 0.3) is 5.91 Å². The third-order valence-electron chi connectivity index (χ3n) is 3.32. The van der Waals surface area contributed by atoms with Gasteiger partial charge < -0.3 is 15.0 Å². The third kappa shape index (κ3) is 3.98. The zero-order chi connectivity index (χ0) is 16.1. The number of aromatic nitrogens is 1. The van der Waals surface area contributed by atoms with Crippen molar-refractivity contribution in [3.63, 3.8) is 0 Å². The lowest BCUT2D eigenvalue weighted by Gasteiger charge is -2.15. The Labute approximate surface area is 137 Å². The monoisotopic (exact) mass is 364 g/mol. The zero-order valence-corrected chi connectivity index (χ0v) is 13.7. The highest BCUT2D eigenvalue weighted by molar-refractivity contribution is 9.10. The first-order chi connectivity index (χ1) is 10.5.